The minimum Gasteiger partial charge on any atom is -0.497 e. The SMILES string of the molecule is COc1ccc(NS(=O)(=O)c2ccc(OC)c(C)c2C)c(OC)c1. The van der Waals surface area contributed by atoms with Crippen molar-refractivity contribution in [1.29, 1.82) is 0 Å². The first-order valence-corrected chi connectivity index (χ1v) is 8.71. The van der Waals surface area contributed by atoms with Gasteiger partial charge in [0.2, 0.25) is 0 Å². The lowest BCUT2D eigenvalue weighted by Gasteiger charge is -2.16. The molecular weight excluding hydrogens is 330 g/mol. The molecule has 0 amide bonds. The summed E-state index contributed by atoms with van der Waals surface area (Å²) in [6.45, 7) is 3.57. The smallest absolute Gasteiger partial charge is 0.262 e. The van der Waals surface area contributed by atoms with Gasteiger partial charge in [-0.2, -0.15) is 0 Å². The minimum atomic E-state index is -3.77. The summed E-state index contributed by atoms with van der Waals surface area (Å²) in [5.41, 5.74) is 1.75. The summed E-state index contributed by atoms with van der Waals surface area (Å²) in [5, 5.41) is 0. The van der Waals surface area contributed by atoms with E-state index >= 15 is 0 Å². The number of benzene rings is 2. The highest BCUT2D eigenvalue weighted by Crippen LogP contribution is 2.33. The summed E-state index contributed by atoms with van der Waals surface area (Å²) in [7, 11) is 0.779. The minimum absolute atomic E-state index is 0.193. The zero-order valence-electron chi connectivity index (χ0n) is 14.3. The van der Waals surface area contributed by atoms with Gasteiger partial charge in [0, 0.05) is 6.07 Å². The molecule has 7 heteroatoms. The zero-order valence-corrected chi connectivity index (χ0v) is 15.2. The molecule has 0 saturated carbocycles. The van der Waals surface area contributed by atoms with Crippen LogP contribution in [0.3, 0.4) is 0 Å². The Labute approximate surface area is 142 Å². The van der Waals surface area contributed by atoms with Gasteiger partial charge in [0.05, 0.1) is 31.9 Å². The third-order valence-corrected chi connectivity index (χ3v) is 5.36. The molecule has 24 heavy (non-hydrogen) atoms. The van der Waals surface area contributed by atoms with Crippen molar-refractivity contribution in [1.82, 2.24) is 0 Å². The summed E-state index contributed by atoms with van der Waals surface area (Å²) in [4.78, 5) is 0.193. The van der Waals surface area contributed by atoms with Crippen molar-refractivity contribution in [2.24, 2.45) is 0 Å². The molecule has 0 bridgehead atoms. The average Bonchev–Trinajstić information content (AvgIpc) is 2.57. The number of nitrogens with one attached hydrogen (secondary N) is 1. The lowest BCUT2D eigenvalue weighted by molar-refractivity contribution is 0.395. The second kappa shape index (κ2) is 7.00. The van der Waals surface area contributed by atoms with E-state index in [0.29, 0.717) is 28.5 Å². The number of methoxy groups -OCH3 is 3. The standard InChI is InChI=1S/C17H21NO5S/c1-11-12(2)17(9-8-15(11)22-4)24(19,20)18-14-7-6-13(21-3)10-16(14)23-5/h6-10,18H,1-5H3. The van der Waals surface area contributed by atoms with Gasteiger partial charge in [-0.05, 0) is 49.2 Å². The van der Waals surface area contributed by atoms with E-state index in [1.807, 2.05) is 6.92 Å². The molecule has 0 fully saturated rings. The van der Waals surface area contributed by atoms with Gasteiger partial charge in [-0.3, -0.25) is 4.72 Å². The van der Waals surface area contributed by atoms with Crippen LogP contribution in [0.25, 0.3) is 0 Å². The molecule has 130 valence electrons. The van der Waals surface area contributed by atoms with Gasteiger partial charge >= 0.3 is 0 Å². The first-order chi connectivity index (χ1) is 11.3. The second-order valence-electron chi connectivity index (χ2n) is 5.19. The molecule has 2 aromatic carbocycles. The summed E-state index contributed by atoms with van der Waals surface area (Å²) in [6, 6.07) is 8.04. The van der Waals surface area contributed by atoms with Crippen molar-refractivity contribution in [2.75, 3.05) is 26.1 Å². The monoisotopic (exact) mass is 351 g/mol. The molecule has 0 aromatic heterocycles. The van der Waals surface area contributed by atoms with Gasteiger partial charge in [0.15, 0.2) is 0 Å². The van der Waals surface area contributed by atoms with E-state index in [2.05, 4.69) is 4.72 Å². The van der Waals surface area contributed by atoms with Crippen molar-refractivity contribution < 1.29 is 22.6 Å². The maximum Gasteiger partial charge on any atom is 0.262 e. The van der Waals surface area contributed by atoms with E-state index in [0.717, 1.165) is 5.56 Å². The molecule has 6 nitrogen and oxygen atoms in total. The summed E-state index contributed by atoms with van der Waals surface area (Å²) < 4.78 is 43.7. The third-order valence-electron chi connectivity index (χ3n) is 3.85. The van der Waals surface area contributed by atoms with Gasteiger partial charge in [-0.25, -0.2) is 8.42 Å². The first kappa shape index (κ1) is 17.9. The Kier molecular flexibility index (Phi) is 5.23. The molecule has 0 unspecified atom stereocenters. The molecular formula is C17H21NO5S. The van der Waals surface area contributed by atoms with Gasteiger partial charge in [0.25, 0.3) is 10.0 Å². The first-order valence-electron chi connectivity index (χ1n) is 7.23. The third kappa shape index (κ3) is 3.41. The topological polar surface area (TPSA) is 73.9 Å². The average molecular weight is 351 g/mol. The van der Waals surface area contributed by atoms with Gasteiger partial charge in [-0.15, -0.1) is 0 Å². The van der Waals surface area contributed by atoms with Crippen molar-refractivity contribution in [3.8, 4) is 17.2 Å². The van der Waals surface area contributed by atoms with E-state index in [-0.39, 0.29) is 4.90 Å². The molecule has 1 N–H and O–H groups in total. The quantitative estimate of drug-likeness (QED) is 0.865. The Morgan fingerprint density at radius 3 is 2.08 bits per heavy atom. The molecule has 0 radical (unpaired) electrons. The van der Waals surface area contributed by atoms with Crippen LogP contribution < -0.4 is 18.9 Å². The van der Waals surface area contributed by atoms with Crippen LogP contribution in [0.4, 0.5) is 5.69 Å². The lowest BCUT2D eigenvalue weighted by atomic mass is 10.1. The Morgan fingerprint density at radius 2 is 1.50 bits per heavy atom. The highest BCUT2D eigenvalue weighted by molar-refractivity contribution is 7.92. The van der Waals surface area contributed by atoms with Crippen LogP contribution in [0.2, 0.25) is 0 Å². The fourth-order valence-corrected chi connectivity index (χ4v) is 3.74. The van der Waals surface area contributed by atoms with E-state index in [4.69, 9.17) is 14.2 Å². The summed E-state index contributed by atoms with van der Waals surface area (Å²) in [5.74, 6) is 1.60. The van der Waals surface area contributed by atoms with Crippen LogP contribution in [-0.4, -0.2) is 29.7 Å². The van der Waals surface area contributed by atoms with E-state index < -0.39 is 10.0 Å². The van der Waals surface area contributed by atoms with Crippen LogP contribution in [0, 0.1) is 13.8 Å². The van der Waals surface area contributed by atoms with Crippen LogP contribution in [0.15, 0.2) is 35.2 Å². The number of rotatable bonds is 6. The fraction of sp³-hybridized carbons (Fsp3) is 0.294. The molecule has 0 aliphatic rings. The van der Waals surface area contributed by atoms with Crippen molar-refractivity contribution in [3.63, 3.8) is 0 Å². The van der Waals surface area contributed by atoms with Crippen molar-refractivity contribution in [2.45, 2.75) is 18.7 Å². The van der Waals surface area contributed by atoms with E-state index in [9.17, 15) is 8.42 Å². The highest BCUT2D eigenvalue weighted by Gasteiger charge is 2.21. The van der Waals surface area contributed by atoms with Crippen LogP contribution in [-0.2, 0) is 10.0 Å². The molecule has 2 rings (SSSR count). The number of sulfonamides is 1. The van der Waals surface area contributed by atoms with E-state index in [1.165, 1.54) is 20.3 Å². The maximum absolute atomic E-state index is 12.8. The number of hydrogen-bond donors (Lipinski definition) is 1. The number of ether oxygens (including phenoxy) is 3. The zero-order chi connectivity index (χ0) is 17.9. The molecule has 0 atom stereocenters. The van der Waals surface area contributed by atoms with Crippen molar-refractivity contribution >= 4 is 15.7 Å². The lowest BCUT2D eigenvalue weighted by Crippen LogP contribution is -2.15. The number of hydrogen-bond acceptors (Lipinski definition) is 5. The predicted molar refractivity (Wildman–Crippen MR) is 92.8 cm³/mol. The molecule has 0 saturated heterocycles. The Bertz CT molecular complexity index is 846. The maximum atomic E-state index is 12.8. The summed E-state index contributed by atoms with van der Waals surface area (Å²) >= 11 is 0. The van der Waals surface area contributed by atoms with Crippen LogP contribution in [0.1, 0.15) is 11.1 Å². The van der Waals surface area contributed by atoms with E-state index in [1.54, 1.807) is 38.3 Å². The molecule has 2 aromatic rings. The second-order valence-corrected chi connectivity index (χ2v) is 6.84. The molecule has 0 spiro atoms. The molecule has 0 aliphatic heterocycles. The largest absolute Gasteiger partial charge is 0.497 e. The van der Waals surface area contributed by atoms with Gasteiger partial charge in [0.1, 0.15) is 17.2 Å². The van der Waals surface area contributed by atoms with Crippen LogP contribution >= 0.6 is 0 Å². The fourth-order valence-electron chi connectivity index (χ4n) is 2.37. The summed E-state index contributed by atoms with van der Waals surface area (Å²) in [6.07, 6.45) is 0. The normalized spacial score (nSPS) is 11.0. The van der Waals surface area contributed by atoms with Gasteiger partial charge in [-0.1, -0.05) is 0 Å². The molecule has 0 aliphatic carbocycles. The molecule has 0 heterocycles. The predicted octanol–water partition coefficient (Wildman–Crippen LogP) is 3.13. The van der Waals surface area contributed by atoms with Crippen LogP contribution in [0.5, 0.6) is 17.2 Å². The van der Waals surface area contributed by atoms with Gasteiger partial charge < -0.3 is 14.2 Å². The Balaban J connectivity index is 2.45. The highest BCUT2D eigenvalue weighted by atomic mass is 32.2. The number of anilines is 1. The van der Waals surface area contributed by atoms with Crippen molar-refractivity contribution in [3.05, 3.63) is 41.5 Å². The Hall–Kier alpha value is -2.41. The Morgan fingerprint density at radius 1 is 0.833 bits per heavy atom.